The number of hydrogen-bond acceptors (Lipinski definition) is 1. The first kappa shape index (κ1) is 34.5. The van der Waals surface area contributed by atoms with E-state index in [0.29, 0.717) is 0 Å². The Labute approximate surface area is 295 Å². The zero-order valence-electron chi connectivity index (χ0n) is 31.9. The molecule has 0 amide bonds. The summed E-state index contributed by atoms with van der Waals surface area (Å²) in [5.74, 6) is 0. The highest BCUT2D eigenvalue weighted by atomic mass is 14.9. The Morgan fingerprint density at radius 1 is 0.347 bits per heavy atom. The molecule has 0 bridgehead atoms. The lowest BCUT2D eigenvalue weighted by molar-refractivity contribution is 0.568. The summed E-state index contributed by atoms with van der Waals surface area (Å²) in [6, 6.07) is 41.3. The molecule has 0 heterocycles. The summed E-state index contributed by atoms with van der Waals surface area (Å²) in [6.07, 6.45) is 0. The average molecular weight is 646 g/mol. The van der Waals surface area contributed by atoms with Crippen LogP contribution in [0.4, 0.5) is 11.4 Å². The van der Waals surface area contributed by atoms with E-state index >= 15 is 0 Å². The number of hydrogen-bond donors (Lipinski definition) is 1. The van der Waals surface area contributed by atoms with Gasteiger partial charge in [0.2, 0.25) is 0 Å². The van der Waals surface area contributed by atoms with Gasteiger partial charge < -0.3 is 5.32 Å². The largest absolute Gasteiger partial charge is 0.354 e. The first-order valence-corrected chi connectivity index (χ1v) is 17.9. The molecule has 49 heavy (non-hydrogen) atoms. The molecular formula is C48H55N. The van der Waals surface area contributed by atoms with E-state index in [4.69, 9.17) is 0 Å². The Morgan fingerprint density at radius 3 is 1.02 bits per heavy atom. The number of benzene rings is 6. The summed E-state index contributed by atoms with van der Waals surface area (Å²) >= 11 is 0. The van der Waals surface area contributed by atoms with Gasteiger partial charge in [0.1, 0.15) is 0 Å². The Kier molecular flexibility index (Phi) is 8.59. The molecule has 0 fully saturated rings. The fourth-order valence-corrected chi connectivity index (χ4v) is 6.65. The molecule has 0 aliphatic carbocycles. The quantitative estimate of drug-likeness (QED) is 0.188. The summed E-state index contributed by atoms with van der Waals surface area (Å²) < 4.78 is 0. The molecule has 1 heteroatoms. The predicted molar refractivity (Wildman–Crippen MR) is 217 cm³/mol. The highest BCUT2D eigenvalue weighted by Crippen LogP contribution is 2.41. The fourth-order valence-electron chi connectivity index (χ4n) is 6.65. The van der Waals surface area contributed by atoms with Gasteiger partial charge in [0.25, 0.3) is 0 Å². The summed E-state index contributed by atoms with van der Waals surface area (Å²) in [5, 5.41) is 8.91. The molecular weight excluding hydrogens is 591 g/mol. The second kappa shape index (κ2) is 12.2. The minimum absolute atomic E-state index is 0.0270. The normalized spacial score (nSPS) is 12.9. The topological polar surface area (TPSA) is 12.0 Å². The second-order valence-electron chi connectivity index (χ2n) is 18.2. The van der Waals surface area contributed by atoms with Gasteiger partial charge in [0, 0.05) is 16.5 Å². The van der Waals surface area contributed by atoms with E-state index in [1.807, 2.05) is 0 Å². The third-order valence-electron chi connectivity index (χ3n) is 9.97. The SMILES string of the molecule is CC(C)(C)c1cc(-c2cc(Nc3c4ccccc4cc4ccccc34)cc(-c3cc(C(C)(C)C)cc(C(C)(C)C)c3)c2)cc(C(C)(C)C)c1. The molecule has 1 N–H and O–H groups in total. The minimum Gasteiger partial charge on any atom is -0.354 e. The van der Waals surface area contributed by atoms with E-state index in [1.54, 1.807) is 0 Å². The molecule has 0 saturated carbocycles. The molecule has 6 rings (SSSR count). The lowest BCUT2D eigenvalue weighted by Gasteiger charge is -2.27. The molecule has 0 aliphatic heterocycles. The smallest absolute Gasteiger partial charge is 0.0543 e. The van der Waals surface area contributed by atoms with Crippen molar-refractivity contribution in [3.8, 4) is 22.3 Å². The standard InChI is InChI=1S/C48H55N/c1-45(2,3)37-23-35(24-38(29-37)46(4,5)6)33-22-34(36-25-39(47(7,8)9)30-40(26-36)48(10,11)12)28-41(27-33)49-44-42-19-15-13-17-31(42)21-32-18-14-16-20-43(32)44/h13-30,49H,1-12H3. The molecule has 6 aromatic rings. The molecule has 1 nitrogen and oxygen atoms in total. The van der Waals surface area contributed by atoms with Gasteiger partial charge in [-0.25, -0.2) is 0 Å². The summed E-state index contributed by atoms with van der Waals surface area (Å²) in [4.78, 5) is 0. The van der Waals surface area contributed by atoms with Gasteiger partial charge in [0.05, 0.1) is 5.69 Å². The van der Waals surface area contributed by atoms with Crippen molar-refractivity contribution in [3.63, 3.8) is 0 Å². The maximum absolute atomic E-state index is 3.99. The van der Waals surface area contributed by atoms with E-state index in [-0.39, 0.29) is 21.7 Å². The van der Waals surface area contributed by atoms with Gasteiger partial charge in [-0.3, -0.25) is 0 Å². The Hall–Kier alpha value is -4.36. The van der Waals surface area contributed by atoms with Crippen LogP contribution in [0.15, 0.2) is 109 Å². The van der Waals surface area contributed by atoms with Crippen LogP contribution in [0.3, 0.4) is 0 Å². The number of rotatable bonds is 4. The number of fused-ring (bicyclic) bond motifs is 2. The van der Waals surface area contributed by atoms with Gasteiger partial charge in [-0.15, -0.1) is 0 Å². The zero-order chi connectivity index (χ0) is 35.5. The third-order valence-corrected chi connectivity index (χ3v) is 9.97. The van der Waals surface area contributed by atoms with Crippen LogP contribution >= 0.6 is 0 Å². The molecule has 6 aromatic carbocycles. The maximum Gasteiger partial charge on any atom is 0.0543 e. The Balaban J connectivity index is 1.65. The van der Waals surface area contributed by atoms with Crippen molar-refractivity contribution in [2.45, 2.75) is 105 Å². The molecule has 252 valence electrons. The lowest BCUT2D eigenvalue weighted by Crippen LogP contribution is -2.16. The van der Waals surface area contributed by atoms with E-state index in [9.17, 15) is 0 Å². The van der Waals surface area contributed by atoms with Crippen LogP contribution in [-0.2, 0) is 21.7 Å². The maximum atomic E-state index is 3.99. The van der Waals surface area contributed by atoms with Crippen molar-refractivity contribution in [1.82, 2.24) is 0 Å². The first-order valence-electron chi connectivity index (χ1n) is 17.9. The van der Waals surface area contributed by atoms with Gasteiger partial charge in [-0.1, -0.05) is 168 Å². The van der Waals surface area contributed by atoms with Crippen molar-refractivity contribution in [2.24, 2.45) is 0 Å². The highest BCUT2D eigenvalue weighted by Gasteiger charge is 2.24. The molecule has 0 spiro atoms. The van der Waals surface area contributed by atoms with Crippen LogP contribution < -0.4 is 5.32 Å². The van der Waals surface area contributed by atoms with Crippen LogP contribution in [0.5, 0.6) is 0 Å². The first-order chi connectivity index (χ1) is 22.8. The predicted octanol–water partition coefficient (Wildman–Crippen LogP) is 14.3. The molecule has 0 aromatic heterocycles. The number of nitrogens with one attached hydrogen (secondary N) is 1. The number of anilines is 2. The lowest BCUT2D eigenvalue weighted by atomic mass is 9.78. The van der Waals surface area contributed by atoms with E-state index in [0.717, 1.165) is 11.4 Å². The van der Waals surface area contributed by atoms with Gasteiger partial charge in [-0.2, -0.15) is 0 Å². The van der Waals surface area contributed by atoms with E-state index in [2.05, 4.69) is 198 Å². The van der Waals surface area contributed by atoms with Crippen LogP contribution in [0.25, 0.3) is 43.8 Å². The highest BCUT2D eigenvalue weighted by molar-refractivity contribution is 6.12. The van der Waals surface area contributed by atoms with Gasteiger partial charge in [-0.05, 0) is 101 Å². The fraction of sp³-hybridized carbons (Fsp3) is 0.333. The molecule has 0 radical (unpaired) electrons. The van der Waals surface area contributed by atoms with Gasteiger partial charge in [0.15, 0.2) is 0 Å². The Bertz CT molecular complexity index is 1960. The average Bonchev–Trinajstić information content (AvgIpc) is 3.02. The molecule has 0 saturated heterocycles. The van der Waals surface area contributed by atoms with Crippen molar-refractivity contribution < 1.29 is 0 Å². The van der Waals surface area contributed by atoms with Crippen molar-refractivity contribution >= 4 is 32.9 Å². The van der Waals surface area contributed by atoms with Gasteiger partial charge >= 0.3 is 0 Å². The molecule has 0 atom stereocenters. The van der Waals surface area contributed by atoms with Crippen LogP contribution in [-0.4, -0.2) is 0 Å². The monoisotopic (exact) mass is 645 g/mol. The summed E-state index contributed by atoms with van der Waals surface area (Å²) in [5.41, 5.74) is 12.7. The minimum atomic E-state index is 0.0270. The van der Waals surface area contributed by atoms with Crippen LogP contribution in [0, 0.1) is 0 Å². The van der Waals surface area contributed by atoms with Crippen molar-refractivity contribution in [2.75, 3.05) is 5.32 Å². The third kappa shape index (κ3) is 7.32. The summed E-state index contributed by atoms with van der Waals surface area (Å²) in [7, 11) is 0. The Morgan fingerprint density at radius 2 is 0.673 bits per heavy atom. The second-order valence-corrected chi connectivity index (χ2v) is 18.2. The van der Waals surface area contributed by atoms with E-state index < -0.39 is 0 Å². The van der Waals surface area contributed by atoms with Crippen LogP contribution in [0.2, 0.25) is 0 Å². The van der Waals surface area contributed by atoms with Crippen molar-refractivity contribution in [1.29, 1.82) is 0 Å². The van der Waals surface area contributed by atoms with E-state index in [1.165, 1.54) is 66.1 Å². The zero-order valence-corrected chi connectivity index (χ0v) is 31.9. The molecule has 0 unspecified atom stereocenters. The molecule has 0 aliphatic rings. The summed E-state index contributed by atoms with van der Waals surface area (Å²) in [6.45, 7) is 27.8. The van der Waals surface area contributed by atoms with Crippen molar-refractivity contribution in [3.05, 3.63) is 131 Å². The van der Waals surface area contributed by atoms with Crippen LogP contribution in [0.1, 0.15) is 105 Å².